The largest absolute Gasteiger partial charge is 0.367 e. The van der Waals surface area contributed by atoms with Crippen LogP contribution in [0, 0.1) is 6.92 Å². The van der Waals surface area contributed by atoms with Crippen LogP contribution < -0.4 is 5.32 Å². The van der Waals surface area contributed by atoms with Gasteiger partial charge in [-0.1, -0.05) is 0 Å². The molecule has 17 heavy (non-hydrogen) atoms. The predicted octanol–water partition coefficient (Wildman–Crippen LogP) is 0.808. The molecule has 0 aliphatic heterocycles. The smallest absolute Gasteiger partial charge is 0.205 e. The van der Waals surface area contributed by atoms with Gasteiger partial charge < -0.3 is 5.32 Å². The molecule has 3 aromatic heterocycles. The Morgan fingerprint density at radius 1 is 1.18 bits per heavy atom. The summed E-state index contributed by atoms with van der Waals surface area (Å²) in [4.78, 5) is 8.59. The maximum atomic E-state index is 4.43. The van der Waals surface area contributed by atoms with Crippen LogP contribution in [0.25, 0.3) is 16.7 Å². The second-order valence-corrected chi connectivity index (χ2v) is 3.62. The van der Waals surface area contributed by atoms with Crippen molar-refractivity contribution in [2.75, 3.05) is 11.9 Å². The van der Waals surface area contributed by atoms with Gasteiger partial charge in [-0.2, -0.15) is 4.52 Å². The molecular formula is C10H11N7. The Morgan fingerprint density at radius 3 is 2.71 bits per heavy atom. The average Bonchev–Trinajstić information content (AvgIpc) is 2.72. The molecule has 0 bridgehead atoms. The molecule has 0 fully saturated rings. The fourth-order valence-corrected chi connectivity index (χ4v) is 1.73. The molecule has 7 nitrogen and oxygen atoms in total. The maximum Gasteiger partial charge on any atom is 0.205 e. The van der Waals surface area contributed by atoms with Crippen molar-refractivity contribution in [2.24, 2.45) is 0 Å². The van der Waals surface area contributed by atoms with E-state index in [0.717, 1.165) is 12.4 Å². The van der Waals surface area contributed by atoms with Crippen LogP contribution in [0.5, 0.6) is 0 Å². The Morgan fingerprint density at radius 2 is 1.94 bits per heavy atom. The first kappa shape index (κ1) is 9.88. The van der Waals surface area contributed by atoms with E-state index in [1.807, 2.05) is 13.8 Å². The molecule has 0 saturated carbocycles. The van der Waals surface area contributed by atoms with Crippen LogP contribution in [0.1, 0.15) is 12.7 Å². The minimum Gasteiger partial charge on any atom is -0.367 e. The van der Waals surface area contributed by atoms with Gasteiger partial charge in [0, 0.05) is 18.9 Å². The molecule has 0 aliphatic carbocycles. The second kappa shape index (κ2) is 3.62. The molecular weight excluding hydrogens is 218 g/mol. The number of anilines is 1. The molecule has 0 radical (unpaired) electrons. The monoisotopic (exact) mass is 229 g/mol. The molecule has 0 saturated heterocycles. The van der Waals surface area contributed by atoms with E-state index >= 15 is 0 Å². The van der Waals surface area contributed by atoms with E-state index in [1.54, 1.807) is 16.9 Å². The van der Waals surface area contributed by atoms with Crippen molar-refractivity contribution >= 4 is 22.5 Å². The Labute approximate surface area is 96.9 Å². The third kappa shape index (κ3) is 1.39. The SMILES string of the molecule is CCNc1nn2c(C)nnc2c2nccnc12. The fraction of sp³-hybridized carbons (Fsp3) is 0.300. The molecule has 0 aromatic carbocycles. The van der Waals surface area contributed by atoms with E-state index in [2.05, 4.69) is 30.6 Å². The first-order valence-electron chi connectivity index (χ1n) is 5.38. The molecule has 0 amide bonds. The lowest BCUT2D eigenvalue weighted by Crippen LogP contribution is -2.06. The highest BCUT2D eigenvalue weighted by Gasteiger charge is 2.13. The Hall–Kier alpha value is -2.31. The lowest BCUT2D eigenvalue weighted by Gasteiger charge is -2.06. The van der Waals surface area contributed by atoms with Crippen molar-refractivity contribution in [1.29, 1.82) is 0 Å². The molecule has 7 heteroatoms. The predicted molar refractivity (Wildman–Crippen MR) is 62.8 cm³/mol. The van der Waals surface area contributed by atoms with Crippen molar-refractivity contribution in [2.45, 2.75) is 13.8 Å². The van der Waals surface area contributed by atoms with Crippen molar-refractivity contribution in [3.8, 4) is 0 Å². The van der Waals surface area contributed by atoms with Gasteiger partial charge in [0.1, 0.15) is 11.0 Å². The summed E-state index contributed by atoms with van der Waals surface area (Å²) >= 11 is 0. The average molecular weight is 229 g/mol. The van der Waals surface area contributed by atoms with Gasteiger partial charge >= 0.3 is 0 Å². The summed E-state index contributed by atoms with van der Waals surface area (Å²) in [6.07, 6.45) is 3.28. The van der Waals surface area contributed by atoms with Gasteiger partial charge in [-0.15, -0.1) is 15.3 Å². The molecule has 3 rings (SSSR count). The Balaban J connectivity index is 2.47. The highest BCUT2D eigenvalue weighted by molar-refractivity contribution is 5.93. The molecule has 3 aromatic rings. The van der Waals surface area contributed by atoms with E-state index in [-0.39, 0.29) is 0 Å². The van der Waals surface area contributed by atoms with Crippen LogP contribution in [0.4, 0.5) is 5.82 Å². The first-order valence-corrected chi connectivity index (χ1v) is 5.38. The number of hydrogen-bond acceptors (Lipinski definition) is 6. The number of nitrogens with one attached hydrogen (secondary N) is 1. The van der Waals surface area contributed by atoms with E-state index in [9.17, 15) is 0 Å². The zero-order valence-electron chi connectivity index (χ0n) is 9.55. The summed E-state index contributed by atoms with van der Waals surface area (Å²) in [5, 5.41) is 15.7. The van der Waals surface area contributed by atoms with E-state index in [4.69, 9.17) is 0 Å². The minimum absolute atomic E-state index is 0.632. The highest BCUT2D eigenvalue weighted by Crippen LogP contribution is 2.20. The zero-order chi connectivity index (χ0) is 11.8. The Bertz CT molecular complexity index is 687. The van der Waals surface area contributed by atoms with E-state index in [1.165, 1.54) is 0 Å². The van der Waals surface area contributed by atoms with Gasteiger partial charge in [0.15, 0.2) is 11.6 Å². The molecule has 0 spiro atoms. The number of aryl methyl sites for hydroxylation is 1. The van der Waals surface area contributed by atoms with Gasteiger partial charge in [0.2, 0.25) is 5.65 Å². The van der Waals surface area contributed by atoms with Crippen molar-refractivity contribution in [1.82, 2.24) is 29.8 Å². The van der Waals surface area contributed by atoms with Crippen molar-refractivity contribution < 1.29 is 0 Å². The van der Waals surface area contributed by atoms with Crippen LogP contribution in [-0.2, 0) is 0 Å². The summed E-state index contributed by atoms with van der Waals surface area (Å²) in [5.74, 6) is 1.43. The van der Waals surface area contributed by atoms with Gasteiger partial charge in [0.05, 0.1) is 0 Å². The quantitative estimate of drug-likeness (QED) is 0.700. The third-order valence-corrected chi connectivity index (χ3v) is 2.48. The van der Waals surface area contributed by atoms with Crippen LogP contribution in [0.15, 0.2) is 12.4 Å². The summed E-state index contributed by atoms with van der Waals surface area (Å²) in [7, 11) is 0. The fourth-order valence-electron chi connectivity index (χ4n) is 1.73. The van der Waals surface area contributed by atoms with Gasteiger partial charge in [-0.3, -0.25) is 0 Å². The molecule has 0 unspecified atom stereocenters. The highest BCUT2D eigenvalue weighted by atomic mass is 15.4. The van der Waals surface area contributed by atoms with E-state index < -0.39 is 0 Å². The first-order chi connectivity index (χ1) is 8.31. The number of aromatic nitrogens is 6. The maximum absolute atomic E-state index is 4.43. The van der Waals surface area contributed by atoms with E-state index in [0.29, 0.717) is 22.5 Å². The third-order valence-electron chi connectivity index (χ3n) is 2.48. The number of rotatable bonds is 2. The van der Waals surface area contributed by atoms with Crippen molar-refractivity contribution in [3.05, 3.63) is 18.2 Å². The molecule has 0 aliphatic rings. The van der Waals surface area contributed by atoms with Crippen LogP contribution in [0.3, 0.4) is 0 Å². The van der Waals surface area contributed by atoms with Gasteiger partial charge in [0.25, 0.3) is 0 Å². The molecule has 1 N–H and O–H groups in total. The standard InChI is InChI=1S/C10H11N7/c1-3-11-9-7-8(13-5-4-12-7)10-15-14-6(2)17(10)16-9/h4-5H,3H2,1-2H3,(H,11,16). The molecule has 3 heterocycles. The number of hydrogen-bond donors (Lipinski definition) is 1. The summed E-state index contributed by atoms with van der Waals surface area (Å²) in [6, 6.07) is 0. The molecule has 86 valence electrons. The van der Waals surface area contributed by atoms with Crippen molar-refractivity contribution in [3.63, 3.8) is 0 Å². The topological polar surface area (TPSA) is 80.9 Å². The number of nitrogens with zero attached hydrogens (tertiary/aromatic N) is 6. The van der Waals surface area contributed by atoms with Crippen LogP contribution >= 0.6 is 0 Å². The summed E-state index contributed by atoms with van der Waals surface area (Å²) < 4.78 is 1.68. The van der Waals surface area contributed by atoms with Gasteiger partial charge in [-0.05, 0) is 13.8 Å². The Kier molecular flexibility index (Phi) is 2.10. The van der Waals surface area contributed by atoms with Crippen LogP contribution in [-0.4, -0.2) is 36.3 Å². The summed E-state index contributed by atoms with van der Waals surface area (Å²) in [5.41, 5.74) is 2.06. The lowest BCUT2D eigenvalue weighted by molar-refractivity contribution is 0.877. The summed E-state index contributed by atoms with van der Waals surface area (Å²) in [6.45, 7) is 4.63. The van der Waals surface area contributed by atoms with Crippen LogP contribution in [0.2, 0.25) is 0 Å². The minimum atomic E-state index is 0.632. The zero-order valence-corrected chi connectivity index (χ0v) is 9.55. The normalized spacial score (nSPS) is 11.2. The second-order valence-electron chi connectivity index (χ2n) is 3.62. The molecule has 0 atom stereocenters. The number of fused-ring (bicyclic) bond motifs is 3. The van der Waals surface area contributed by atoms with Gasteiger partial charge in [-0.25, -0.2) is 9.97 Å². The lowest BCUT2D eigenvalue weighted by atomic mass is 10.4.